The molecule has 0 aromatic rings. The average molecular weight is 300 g/mol. The van der Waals surface area contributed by atoms with Crippen molar-refractivity contribution < 1.29 is 14.3 Å². The first-order valence-electron chi connectivity index (χ1n) is 8.16. The molecule has 1 saturated heterocycles. The number of hydrogen-bond acceptors (Lipinski definition) is 3. The summed E-state index contributed by atoms with van der Waals surface area (Å²) < 4.78 is 4.60. The first kappa shape index (κ1) is 19.7. The zero-order chi connectivity index (χ0) is 16.4. The van der Waals surface area contributed by atoms with Crippen LogP contribution in [0, 0.1) is 5.92 Å². The van der Waals surface area contributed by atoms with Crippen molar-refractivity contribution in [1.82, 2.24) is 10.2 Å². The largest absolute Gasteiger partial charge is 0.453 e. The Kier molecular flexibility index (Phi) is 9.84. The summed E-state index contributed by atoms with van der Waals surface area (Å²) in [6.45, 7) is 10.8. The Morgan fingerprint density at radius 3 is 2.38 bits per heavy atom. The molecule has 1 N–H and O–H groups in total. The van der Waals surface area contributed by atoms with E-state index < -0.39 is 12.1 Å². The lowest BCUT2D eigenvalue weighted by Crippen LogP contribution is -2.55. The van der Waals surface area contributed by atoms with Gasteiger partial charge in [0, 0.05) is 12.6 Å². The van der Waals surface area contributed by atoms with Crippen molar-refractivity contribution in [1.29, 1.82) is 0 Å². The monoisotopic (exact) mass is 300 g/mol. The maximum absolute atomic E-state index is 12.6. The van der Waals surface area contributed by atoms with Crippen LogP contribution in [-0.2, 0) is 9.53 Å². The van der Waals surface area contributed by atoms with Crippen LogP contribution >= 0.6 is 0 Å². The van der Waals surface area contributed by atoms with E-state index >= 15 is 0 Å². The number of rotatable bonds is 4. The average Bonchev–Trinajstić information content (AvgIpc) is 2.53. The molecule has 1 aliphatic rings. The van der Waals surface area contributed by atoms with Crippen LogP contribution in [0.1, 0.15) is 60.3 Å². The summed E-state index contributed by atoms with van der Waals surface area (Å²) in [6.07, 6.45) is 3.71. The zero-order valence-corrected chi connectivity index (χ0v) is 14.4. The molecule has 5 heteroatoms. The van der Waals surface area contributed by atoms with Crippen LogP contribution in [0.3, 0.4) is 0 Å². The van der Waals surface area contributed by atoms with Gasteiger partial charge in [-0.3, -0.25) is 4.79 Å². The van der Waals surface area contributed by atoms with Gasteiger partial charge in [-0.15, -0.1) is 0 Å². The Morgan fingerprint density at radius 1 is 1.29 bits per heavy atom. The second-order valence-corrected chi connectivity index (χ2v) is 5.45. The molecule has 0 aliphatic carbocycles. The highest BCUT2D eigenvalue weighted by molar-refractivity contribution is 5.86. The number of ether oxygens (including phenoxy) is 1. The van der Waals surface area contributed by atoms with Gasteiger partial charge in [0.05, 0.1) is 7.11 Å². The number of carbonyl (C=O) groups is 2. The van der Waals surface area contributed by atoms with Crippen LogP contribution in [0.5, 0.6) is 0 Å². The number of hydrogen-bond donors (Lipinski definition) is 1. The molecule has 5 nitrogen and oxygen atoms in total. The first-order valence-corrected chi connectivity index (χ1v) is 8.16. The summed E-state index contributed by atoms with van der Waals surface area (Å²) in [5, 5.41) is 2.66. The first-order chi connectivity index (χ1) is 10.0. The Labute approximate surface area is 129 Å². The second-order valence-electron chi connectivity index (χ2n) is 5.45. The Morgan fingerprint density at radius 2 is 1.90 bits per heavy atom. The number of methoxy groups -OCH3 is 1. The molecule has 124 valence electrons. The topological polar surface area (TPSA) is 58.6 Å². The van der Waals surface area contributed by atoms with Crippen LogP contribution in [0.4, 0.5) is 4.79 Å². The van der Waals surface area contributed by atoms with E-state index in [-0.39, 0.29) is 11.8 Å². The molecular weight excluding hydrogens is 268 g/mol. The molecule has 1 fully saturated rings. The molecule has 2 amide bonds. The van der Waals surface area contributed by atoms with E-state index in [0.29, 0.717) is 6.04 Å². The van der Waals surface area contributed by atoms with Crippen LogP contribution in [0.25, 0.3) is 0 Å². The zero-order valence-electron chi connectivity index (χ0n) is 14.4. The summed E-state index contributed by atoms with van der Waals surface area (Å²) in [5.41, 5.74) is 0. The van der Waals surface area contributed by atoms with Crippen LogP contribution in [0.15, 0.2) is 0 Å². The normalized spacial score (nSPS) is 19.4. The van der Waals surface area contributed by atoms with Gasteiger partial charge in [-0.2, -0.15) is 0 Å². The highest BCUT2D eigenvalue weighted by atomic mass is 16.5. The predicted molar refractivity (Wildman–Crippen MR) is 85.2 cm³/mol. The number of nitrogens with one attached hydrogen (secondary N) is 1. The third kappa shape index (κ3) is 5.94. The van der Waals surface area contributed by atoms with Gasteiger partial charge in [-0.05, 0) is 31.6 Å². The highest BCUT2D eigenvalue weighted by Crippen LogP contribution is 2.21. The van der Waals surface area contributed by atoms with E-state index in [0.717, 1.165) is 25.8 Å². The number of amides is 2. The van der Waals surface area contributed by atoms with Gasteiger partial charge in [0.15, 0.2) is 0 Å². The number of carbonyl (C=O) groups excluding carboxylic acids is 2. The molecule has 1 heterocycles. The molecule has 21 heavy (non-hydrogen) atoms. The minimum Gasteiger partial charge on any atom is -0.453 e. The third-order valence-electron chi connectivity index (χ3n) is 3.77. The standard InChI is InChI=1S/C14H26N2O3.C2H6/c1-5-11-8-6-7-9-16(11)13(17)12(10(2)3)15-14(18)19-4;1-2/h10-12H,5-9H2,1-4H3,(H,15,18);1-2H3/t11-,12?;/m1./s1. The van der Waals surface area contributed by atoms with E-state index in [1.807, 2.05) is 32.6 Å². The molecule has 0 aromatic carbocycles. The summed E-state index contributed by atoms with van der Waals surface area (Å²) in [5.74, 6) is 0.0676. The van der Waals surface area contributed by atoms with Crippen LogP contribution in [-0.4, -0.2) is 42.6 Å². The molecule has 2 atom stereocenters. The van der Waals surface area contributed by atoms with Crippen LogP contribution in [0.2, 0.25) is 0 Å². The van der Waals surface area contributed by atoms with Crippen molar-refractivity contribution in [3.8, 4) is 0 Å². The number of likely N-dealkylation sites (tertiary alicyclic amines) is 1. The molecule has 0 saturated carbocycles. The fourth-order valence-electron chi connectivity index (χ4n) is 2.59. The minimum absolute atomic E-state index is 0.0203. The van der Waals surface area contributed by atoms with Crippen molar-refractivity contribution in [2.45, 2.75) is 72.4 Å². The number of nitrogens with zero attached hydrogens (tertiary/aromatic N) is 1. The van der Waals surface area contributed by atoms with Gasteiger partial charge in [0.2, 0.25) is 5.91 Å². The Hall–Kier alpha value is -1.26. The maximum Gasteiger partial charge on any atom is 0.407 e. The fourth-order valence-corrected chi connectivity index (χ4v) is 2.59. The number of alkyl carbamates (subject to hydrolysis) is 1. The van der Waals surface area contributed by atoms with Crippen molar-refractivity contribution in [3.63, 3.8) is 0 Å². The molecule has 0 aromatic heterocycles. The van der Waals surface area contributed by atoms with E-state index in [2.05, 4.69) is 17.0 Å². The van der Waals surface area contributed by atoms with Crippen molar-refractivity contribution in [2.24, 2.45) is 5.92 Å². The Bertz CT molecular complexity index is 319. The molecule has 0 spiro atoms. The van der Waals surface area contributed by atoms with E-state index in [9.17, 15) is 9.59 Å². The van der Waals surface area contributed by atoms with E-state index in [1.165, 1.54) is 13.5 Å². The van der Waals surface area contributed by atoms with Crippen molar-refractivity contribution in [3.05, 3.63) is 0 Å². The molecule has 1 rings (SSSR count). The van der Waals surface area contributed by atoms with Crippen LogP contribution < -0.4 is 5.32 Å². The summed E-state index contributed by atoms with van der Waals surface area (Å²) in [7, 11) is 1.31. The smallest absolute Gasteiger partial charge is 0.407 e. The van der Waals surface area contributed by atoms with Crippen molar-refractivity contribution in [2.75, 3.05) is 13.7 Å². The SMILES string of the molecule is CC.CC[C@@H]1CCCCN1C(=O)C(NC(=O)OC)C(C)C. The lowest BCUT2D eigenvalue weighted by atomic mass is 9.96. The summed E-state index contributed by atoms with van der Waals surface area (Å²) in [4.78, 5) is 25.9. The quantitative estimate of drug-likeness (QED) is 0.867. The highest BCUT2D eigenvalue weighted by Gasteiger charge is 2.33. The summed E-state index contributed by atoms with van der Waals surface area (Å²) in [6, 6.07) is -0.193. The van der Waals surface area contributed by atoms with Gasteiger partial charge in [-0.25, -0.2) is 4.79 Å². The van der Waals surface area contributed by atoms with E-state index in [1.54, 1.807) is 0 Å². The minimum atomic E-state index is -0.544. The second kappa shape index (κ2) is 10.5. The Balaban J connectivity index is 0.00000191. The van der Waals surface area contributed by atoms with Gasteiger partial charge in [-0.1, -0.05) is 34.6 Å². The molecular formula is C16H32N2O3. The molecule has 1 aliphatic heterocycles. The van der Waals surface area contributed by atoms with E-state index in [4.69, 9.17) is 0 Å². The van der Waals surface area contributed by atoms with Crippen molar-refractivity contribution >= 4 is 12.0 Å². The lowest BCUT2D eigenvalue weighted by molar-refractivity contribution is -0.138. The number of piperidine rings is 1. The molecule has 1 unspecified atom stereocenters. The predicted octanol–water partition coefficient (Wildman–Crippen LogP) is 3.18. The van der Waals surface area contributed by atoms with Gasteiger partial charge in [0.25, 0.3) is 0 Å². The van der Waals surface area contributed by atoms with Gasteiger partial charge < -0.3 is 15.0 Å². The van der Waals surface area contributed by atoms with Gasteiger partial charge in [0.1, 0.15) is 6.04 Å². The molecule has 0 radical (unpaired) electrons. The summed E-state index contributed by atoms with van der Waals surface area (Å²) >= 11 is 0. The third-order valence-corrected chi connectivity index (χ3v) is 3.77. The maximum atomic E-state index is 12.6. The molecule has 0 bridgehead atoms. The fraction of sp³-hybridized carbons (Fsp3) is 0.875. The van der Waals surface area contributed by atoms with Gasteiger partial charge >= 0.3 is 6.09 Å². The lowest BCUT2D eigenvalue weighted by Gasteiger charge is -2.38.